The van der Waals surface area contributed by atoms with Crippen molar-refractivity contribution in [3.8, 4) is 0 Å². The Morgan fingerprint density at radius 1 is 1.48 bits per heavy atom. The summed E-state index contributed by atoms with van der Waals surface area (Å²) in [6, 6.07) is 0. The number of thiazole rings is 1. The maximum atomic E-state index is 5.60. The first kappa shape index (κ1) is 18.6. The van der Waals surface area contributed by atoms with Crippen LogP contribution in [-0.4, -0.2) is 37.7 Å². The summed E-state index contributed by atoms with van der Waals surface area (Å²) in [4.78, 5) is 9.66. The van der Waals surface area contributed by atoms with Gasteiger partial charge in [-0.1, -0.05) is 0 Å². The highest BCUT2D eigenvalue weighted by atomic mass is 127. The summed E-state index contributed by atoms with van der Waals surface area (Å²) < 4.78 is 5.60. The fourth-order valence-electron chi connectivity index (χ4n) is 1.79. The van der Waals surface area contributed by atoms with Crippen molar-refractivity contribution in [1.29, 1.82) is 0 Å². The molecule has 1 aliphatic carbocycles. The van der Waals surface area contributed by atoms with Gasteiger partial charge in [0.1, 0.15) is 0 Å². The molecule has 1 saturated carbocycles. The SMILES string of the molecule is CN=C(NCCCOCC1CC1)NCc1cnc(C)s1.I. The van der Waals surface area contributed by atoms with Crippen LogP contribution in [0, 0.1) is 12.8 Å². The third-order valence-electron chi connectivity index (χ3n) is 3.13. The number of hydrogen-bond donors (Lipinski definition) is 2. The highest BCUT2D eigenvalue weighted by Crippen LogP contribution is 2.28. The fourth-order valence-corrected chi connectivity index (χ4v) is 2.53. The van der Waals surface area contributed by atoms with E-state index >= 15 is 0 Å². The largest absolute Gasteiger partial charge is 0.381 e. The van der Waals surface area contributed by atoms with Crippen molar-refractivity contribution in [3.05, 3.63) is 16.1 Å². The molecular weight excluding hydrogens is 399 g/mol. The second kappa shape index (κ2) is 10.3. The molecule has 21 heavy (non-hydrogen) atoms. The molecule has 5 nitrogen and oxygen atoms in total. The van der Waals surface area contributed by atoms with Crippen LogP contribution >= 0.6 is 35.3 Å². The van der Waals surface area contributed by atoms with E-state index in [-0.39, 0.29) is 24.0 Å². The van der Waals surface area contributed by atoms with E-state index in [0.717, 1.165) is 49.6 Å². The van der Waals surface area contributed by atoms with Crippen molar-refractivity contribution in [3.63, 3.8) is 0 Å². The van der Waals surface area contributed by atoms with Crippen molar-refractivity contribution < 1.29 is 4.74 Å². The lowest BCUT2D eigenvalue weighted by molar-refractivity contribution is 0.123. The molecule has 1 aliphatic rings. The molecule has 2 N–H and O–H groups in total. The monoisotopic (exact) mass is 424 g/mol. The Labute approximate surface area is 148 Å². The van der Waals surface area contributed by atoms with Gasteiger partial charge in [0, 0.05) is 37.9 Å². The number of aryl methyl sites for hydroxylation is 1. The molecule has 7 heteroatoms. The second-order valence-electron chi connectivity index (χ2n) is 5.07. The molecule has 1 aromatic heterocycles. The first-order chi connectivity index (χ1) is 9.78. The average molecular weight is 424 g/mol. The number of hydrogen-bond acceptors (Lipinski definition) is 4. The Morgan fingerprint density at radius 3 is 2.90 bits per heavy atom. The van der Waals surface area contributed by atoms with E-state index in [0.29, 0.717) is 0 Å². The van der Waals surface area contributed by atoms with Crippen LogP contribution in [0.25, 0.3) is 0 Å². The highest BCUT2D eigenvalue weighted by Gasteiger charge is 2.20. The van der Waals surface area contributed by atoms with Crippen LogP contribution in [0.3, 0.4) is 0 Å². The minimum absolute atomic E-state index is 0. The van der Waals surface area contributed by atoms with Gasteiger partial charge in [-0.2, -0.15) is 0 Å². The molecule has 0 saturated heterocycles. The van der Waals surface area contributed by atoms with Crippen LogP contribution in [-0.2, 0) is 11.3 Å². The predicted molar refractivity (Wildman–Crippen MR) is 98.6 cm³/mol. The van der Waals surface area contributed by atoms with E-state index < -0.39 is 0 Å². The summed E-state index contributed by atoms with van der Waals surface area (Å²) in [6.07, 6.45) is 5.62. The minimum atomic E-state index is 0. The number of ether oxygens (including phenoxy) is 1. The Hall–Kier alpha value is -0.410. The van der Waals surface area contributed by atoms with Gasteiger partial charge >= 0.3 is 0 Å². The van der Waals surface area contributed by atoms with E-state index in [1.807, 2.05) is 13.1 Å². The van der Waals surface area contributed by atoms with Crippen LogP contribution in [0.2, 0.25) is 0 Å². The lowest BCUT2D eigenvalue weighted by atomic mass is 10.4. The molecule has 0 radical (unpaired) electrons. The Bertz CT molecular complexity index is 434. The molecule has 0 aromatic carbocycles. The van der Waals surface area contributed by atoms with Crippen molar-refractivity contribution in [1.82, 2.24) is 15.6 Å². The van der Waals surface area contributed by atoms with Crippen molar-refractivity contribution in [2.45, 2.75) is 32.7 Å². The zero-order chi connectivity index (χ0) is 14.2. The molecule has 1 fully saturated rings. The van der Waals surface area contributed by atoms with E-state index in [9.17, 15) is 0 Å². The number of nitrogens with one attached hydrogen (secondary N) is 2. The molecule has 2 rings (SSSR count). The first-order valence-electron chi connectivity index (χ1n) is 7.21. The van der Waals surface area contributed by atoms with Gasteiger partial charge in [-0.25, -0.2) is 4.98 Å². The average Bonchev–Trinajstić information content (AvgIpc) is 3.18. The summed E-state index contributed by atoms with van der Waals surface area (Å²) in [5.41, 5.74) is 0. The lowest BCUT2D eigenvalue weighted by Crippen LogP contribution is -2.37. The fraction of sp³-hybridized carbons (Fsp3) is 0.714. The van der Waals surface area contributed by atoms with Crippen LogP contribution in [0.5, 0.6) is 0 Å². The summed E-state index contributed by atoms with van der Waals surface area (Å²) >= 11 is 1.71. The third-order valence-corrected chi connectivity index (χ3v) is 4.04. The first-order valence-corrected chi connectivity index (χ1v) is 8.03. The van der Waals surface area contributed by atoms with Gasteiger partial charge in [-0.05, 0) is 32.1 Å². The van der Waals surface area contributed by atoms with Crippen LogP contribution < -0.4 is 10.6 Å². The molecule has 0 amide bonds. The van der Waals surface area contributed by atoms with Crippen LogP contribution in [0.1, 0.15) is 29.1 Å². The number of aliphatic imine (C=N–C) groups is 1. The van der Waals surface area contributed by atoms with E-state index in [2.05, 4.69) is 20.6 Å². The maximum Gasteiger partial charge on any atom is 0.191 e. The quantitative estimate of drug-likeness (QED) is 0.292. The Kier molecular flexibility index (Phi) is 9.18. The molecule has 120 valence electrons. The topological polar surface area (TPSA) is 58.5 Å². The second-order valence-corrected chi connectivity index (χ2v) is 6.39. The van der Waals surface area contributed by atoms with E-state index in [1.54, 1.807) is 18.4 Å². The van der Waals surface area contributed by atoms with Crippen molar-refractivity contribution >= 4 is 41.3 Å². The molecule has 0 bridgehead atoms. The van der Waals surface area contributed by atoms with Gasteiger partial charge in [0.05, 0.1) is 11.6 Å². The number of halogens is 1. The number of aromatic nitrogens is 1. The zero-order valence-electron chi connectivity index (χ0n) is 12.7. The third kappa shape index (κ3) is 7.96. The van der Waals surface area contributed by atoms with Gasteiger partial charge in [0.25, 0.3) is 0 Å². The molecule has 1 heterocycles. The maximum absolute atomic E-state index is 5.60. The molecule has 0 atom stereocenters. The van der Waals surface area contributed by atoms with Gasteiger partial charge in [0.2, 0.25) is 0 Å². The Balaban J connectivity index is 0.00000220. The summed E-state index contributed by atoms with van der Waals surface area (Å²) in [6.45, 7) is 5.44. The number of nitrogens with zero attached hydrogens (tertiary/aromatic N) is 2. The minimum Gasteiger partial charge on any atom is -0.381 e. The standard InChI is InChI=1S/C14H24N4OS.HI/c1-11-17-8-13(20-11)9-18-14(15-2)16-6-3-7-19-10-12-4-5-12;/h8,12H,3-7,9-10H2,1-2H3,(H2,15,16,18);1H. The normalized spacial score (nSPS) is 14.7. The molecule has 1 aromatic rings. The van der Waals surface area contributed by atoms with E-state index in [4.69, 9.17) is 4.74 Å². The Morgan fingerprint density at radius 2 is 2.29 bits per heavy atom. The molecular formula is C14H25IN4OS. The molecule has 0 aliphatic heterocycles. The molecule has 0 unspecified atom stereocenters. The number of guanidine groups is 1. The van der Waals surface area contributed by atoms with Gasteiger partial charge in [-0.15, -0.1) is 35.3 Å². The smallest absolute Gasteiger partial charge is 0.191 e. The van der Waals surface area contributed by atoms with Crippen molar-refractivity contribution in [2.24, 2.45) is 10.9 Å². The van der Waals surface area contributed by atoms with Crippen LogP contribution in [0.15, 0.2) is 11.2 Å². The van der Waals surface area contributed by atoms with Gasteiger partial charge < -0.3 is 15.4 Å². The van der Waals surface area contributed by atoms with Crippen molar-refractivity contribution in [2.75, 3.05) is 26.8 Å². The van der Waals surface area contributed by atoms with Gasteiger partial charge in [-0.3, -0.25) is 4.99 Å². The highest BCUT2D eigenvalue weighted by molar-refractivity contribution is 14.0. The predicted octanol–water partition coefficient (Wildman–Crippen LogP) is 2.55. The van der Waals surface area contributed by atoms with Gasteiger partial charge in [0.15, 0.2) is 5.96 Å². The summed E-state index contributed by atoms with van der Waals surface area (Å²) in [7, 11) is 1.79. The number of rotatable bonds is 8. The lowest BCUT2D eigenvalue weighted by Gasteiger charge is -2.11. The van der Waals surface area contributed by atoms with E-state index in [1.165, 1.54) is 17.7 Å². The molecule has 0 spiro atoms. The summed E-state index contributed by atoms with van der Waals surface area (Å²) in [5, 5.41) is 7.67. The van der Waals surface area contributed by atoms with Crippen LogP contribution in [0.4, 0.5) is 0 Å². The summed E-state index contributed by atoms with van der Waals surface area (Å²) in [5.74, 6) is 1.68. The zero-order valence-corrected chi connectivity index (χ0v) is 15.9.